The Morgan fingerprint density at radius 2 is 2.00 bits per heavy atom. The zero-order valence-corrected chi connectivity index (χ0v) is 17.6. The number of sulfonamides is 1. The van der Waals surface area contributed by atoms with Gasteiger partial charge in [-0.05, 0) is 18.6 Å². The molecule has 0 bridgehead atoms. The van der Waals surface area contributed by atoms with Gasteiger partial charge >= 0.3 is 0 Å². The van der Waals surface area contributed by atoms with E-state index in [0.717, 1.165) is 5.56 Å². The number of amides is 1. The van der Waals surface area contributed by atoms with E-state index in [0.29, 0.717) is 18.7 Å². The van der Waals surface area contributed by atoms with Gasteiger partial charge in [-0.3, -0.25) is 4.79 Å². The summed E-state index contributed by atoms with van der Waals surface area (Å²) in [5.41, 5.74) is 1.00. The van der Waals surface area contributed by atoms with Crippen molar-refractivity contribution in [3.63, 3.8) is 0 Å². The summed E-state index contributed by atoms with van der Waals surface area (Å²) in [6.07, 6.45) is 2.09. The van der Waals surface area contributed by atoms with Crippen molar-refractivity contribution in [2.45, 2.75) is 18.2 Å². The van der Waals surface area contributed by atoms with Crippen LogP contribution in [0.5, 0.6) is 0 Å². The lowest BCUT2D eigenvalue weighted by Gasteiger charge is -2.18. The molecule has 0 saturated heterocycles. The summed E-state index contributed by atoms with van der Waals surface area (Å²) < 4.78 is 38.4. The van der Waals surface area contributed by atoms with E-state index >= 15 is 0 Å². The van der Waals surface area contributed by atoms with Crippen LogP contribution in [0.25, 0.3) is 11.3 Å². The Morgan fingerprint density at radius 1 is 1.23 bits per heavy atom. The summed E-state index contributed by atoms with van der Waals surface area (Å²) in [6, 6.07) is 14.1. The van der Waals surface area contributed by atoms with Crippen molar-refractivity contribution in [1.29, 1.82) is 0 Å². The minimum atomic E-state index is -3.65. The third-order valence-electron chi connectivity index (χ3n) is 4.47. The fourth-order valence-electron chi connectivity index (χ4n) is 2.87. The predicted octanol–water partition coefficient (Wildman–Crippen LogP) is 2.19. The van der Waals surface area contributed by atoms with Crippen LogP contribution in [0.2, 0.25) is 0 Å². The first-order valence-electron chi connectivity index (χ1n) is 9.34. The minimum Gasteiger partial charge on any atom is -0.364 e. The molecule has 10 heteroatoms. The Bertz CT molecular complexity index is 1080. The van der Waals surface area contributed by atoms with Crippen LogP contribution < -0.4 is 5.32 Å². The second-order valence-corrected chi connectivity index (χ2v) is 8.60. The van der Waals surface area contributed by atoms with E-state index in [1.165, 1.54) is 29.1 Å². The number of rotatable bonds is 10. The van der Waals surface area contributed by atoms with Gasteiger partial charge in [-0.2, -0.15) is 4.31 Å². The third kappa shape index (κ3) is 4.96. The Hall–Kier alpha value is -2.95. The van der Waals surface area contributed by atoms with Gasteiger partial charge in [-0.1, -0.05) is 35.5 Å². The van der Waals surface area contributed by atoms with Crippen LogP contribution in [0.1, 0.15) is 16.9 Å². The number of methoxy groups -OCH3 is 1. The van der Waals surface area contributed by atoms with Gasteiger partial charge in [0.1, 0.15) is 6.73 Å². The lowest BCUT2D eigenvalue weighted by atomic mass is 10.1. The maximum absolute atomic E-state index is 12.7. The van der Waals surface area contributed by atoms with Crippen LogP contribution >= 0.6 is 0 Å². The van der Waals surface area contributed by atoms with Crippen LogP contribution in [0, 0.1) is 0 Å². The number of nitrogens with one attached hydrogen (secondary N) is 1. The Morgan fingerprint density at radius 3 is 2.73 bits per heavy atom. The van der Waals surface area contributed by atoms with Crippen LogP contribution in [0.4, 0.5) is 0 Å². The Balaban J connectivity index is 1.50. The molecule has 1 aromatic carbocycles. The van der Waals surface area contributed by atoms with Crippen molar-refractivity contribution in [2.24, 2.45) is 0 Å². The van der Waals surface area contributed by atoms with Crippen LogP contribution in [-0.4, -0.2) is 55.6 Å². The third-order valence-corrected chi connectivity index (χ3v) is 6.37. The van der Waals surface area contributed by atoms with E-state index in [9.17, 15) is 13.2 Å². The predicted molar refractivity (Wildman–Crippen MR) is 110 cm³/mol. The zero-order chi connectivity index (χ0) is 21.6. The van der Waals surface area contributed by atoms with Gasteiger partial charge in [0.2, 0.25) is 0 Å². The standard InChI is InChI=1S/C20H24N4O5S/c1-23(30(26,27)19-10-6-13-24(19)15-28-2)12-7-11-21-20(25)17-14-18(29-22-17)16-8-4-3-5-9-16/h3-6,8-10,13-14H,7,11-12,15H2,1-2H3,(H,21,25). The number of nitrogens with zero attached hydrogens (tertiary/aromatic N) is 3. The van der Waals surface area contributed by atoms with Crippen molar-refractivity contribution >= 4 is 15.9 Å². The van der Waals surface area contributed by atoms with Crippen LogP contribution in [0.15, 0.2) is 64.3 Å². The molecule has 30 heavy (non-hydrogen) atoms. The van der Waals surface area contributed by atoms with Gasteiger partial charge < -0.3 is 19.1 Å². The first-order valence-corrected chi connectivity index (χ1v) is 10.8. The lowest BCUT2D eigenvalue weighted by molar-refractivity contribution is 0.0944. The molecule has 0 spiro atoms. The smallest absolute Gasteiger partial charge is 0.273 e. The highest BCUT2D eigenvalue weighted by atomic mass is 32.2. The minimum absolute atomic E-state index is 0.147. The maximum atomic E-state index is 12.7. The molecule has 0 aliphatic carbocycles. The average Bonchev–Trinajstić information content (AvgIpc) is 3.42. The van der Waals surface area contributed by atoms with Gasteiger partial charge in [0, 0.05) is 45.1 Å². The second-order valence-electron chi connectivity index (χ2n) is 6.61. The lowest BCUT2D eigenvalue weighted by Crippen LogP contribution is -2.32. The van der Waals surface area contributed by atoms with Crippen molar-refractivity contribution in [1.82, 2.24) is 19.3 Å². The summed E-state index contributed by atoms with van der Waals surface area (Å²) in [7, 11) is -0.647. The molecule has 0 aliphatic heterocycles. The highest BCUT2D eigenvalue weighted by Gasteiger charge is 2.23. The largest absolute Gasteiger partial charge is 0.364 e. The van der Waals surface area contributed by atoms with E-state index < -0.39 is 10.0 Å². The van der Waals surface area contributed by atoms with Gasteiger partial charge in [0.25, 0.3) is 15.9 Å². The van der Waals surface area contributed by atoms with E-state index in [1.54, 1.807) is 18.3 Å². The van der Waals surface area contributed by atoms with E-state index in [-0.39, 0.29) is 29.9 Å². The normalized spacial score (nSPS) is 11.7. The van der Waals surface area contributed by atoms with Gasteiger partial charge in [-0.25, -0.2) is 8.42 Å². The number of hydrogen-bond donors (Lipinski definition) is 1. The highest BCUT2D eigenvalue weighted by Crippen LogP contribution is 2.19. The number of aromatic nitrogens is 2. The maximum Gasteiger partial charge on any atom is 0.273 e. The molecule has 9 nitrogen and oxygen atoms in total. The Kier molecular flexibility index (Phi) is 7.03. The van der Waals surface area contributed by atoms with E-state index in [2.05, 4.69) is 10.5 Å². The summed E-state index contributed by atoms with van der Waals surface area (Å²) in [6.45, 7) is 0.689. The number of hydrogen-bond acceptors (Lipinski definition) is 6. The monoisotopic (exact) mass is 432 g/mol. The fourth-order valence-corrected chi connectivity index (χ4v) is 4.22. The van der Waals surface area contributed by atoms with Crippen molar-refractivity contribution in [3.05, 3.63) is 60.4 Å². The van der Waals surface area contributed by atoms with Crippen LogP contribution in [0.3, 0.4) is 0 Å². The van der Waals surface area contributed by atoms with Crippen molar-refractivity contribution in [2.75, 3.05) is 27.2 Å². The molecule has 3 rings (SSSR count). The first-order chi connectivity index (χ1) is 14.4. The molecule has 1 amide bonds. The molecule has 0 atom stereocenters. The van der Waals surface area contributed by atoms with Crippen molar-refractivity contribution < 1.29 is 22.5 Å². The van der Waals surface area contributed by atoms with Gasteiger partial charge in [-0.15, -0.1) is 0 Å². The van der Waals surface area contributed by atoms with E-state index in [1.807, 2.05) is 30.3 Å². The summed E-state index contributed by atoms with van der Waals surface area (Å²) >= 11 is 0. The van der Waals surface area contributed by atoms with Gasteiger partial charge in [0.15, 0.2) is 16.5 Å². The quantitative estimate of drug-likeness (QED) is 0.492. The molecule has 0 radical (unpaired) electrons. The summed E-state index contributed by atoms with van der Waals surface area (Å²) in [5, 5.41) is 6.69. The molecule has 0 aliphatic rings. The topological polar surface area (TPSA) is 107 Å². The molecule has 0 fully saturated rings. The Labute approximate surface area is 175 Å². The number of carbonyl (C=O) groups excluding carboxylic acids is 1. The molecule has 1 N–H and O–H groups in total. The SMILES string of the molecule is COCn1cccc1S(=O)(=O)N(C)CCCNC(=O)c1cc(-c2ccccc2)on1. The first kappa shape index (κ1) is 21.8. The number of ether oxygens (including phenoxy) is 1. The van der Waals surface area contributed by atoms with Crippen molar-refractivity contribution in [3.8, 4) is 11.3 Å². The zero-order valence-electron chi connectivity index (χ0n) is 16.8. The molecule has 0 unspecified atom stereocenters. The second kappa shape index (κ2) is 9.70. The number of benzene rings is 1. The summed E-state index contributed by atoms with van der Waals surface area (Å²) in [4.78, 5) is 12.3. The van der Waals surface area contributed by atoms with Gasteiger partial charge in [0.05, 0.1) is 0 Å². The summed E-state index contributed by atoms with van der Waals surface area (Å²) in [5.74, 6) is 0.131. The van der Waals surface area contributed by atoms with E-state index in [4.69, 9.17) is 9.26 Å². The van der Waals surface area contributed by atoms with Crippen LogP contribution in [-0.2, 0) is 21.5 Å². The molecule has 160 valence electrons. The molecule has 2 aromatic heterocycles. The fraction of sp³-hybridized carbons (Fsp3) is 0.300. The molecule has 0 saturated carbocycles. The molecule has 2 heterocycles. The average molecular weight is 433 g/mol. The molecular weight excluding hydrogens is 408 g/mol. The number of carbonyl (C=O) groups is 1. The molecule has 3 aromatic rings. The molecular formula is C20H24N4O5S. The highest BCUT2D eigenvalue weighted by molar-refractivity contribution is 7.89.